The van der Waals surface area contributed by atoms with Crippen LogP contribution in [0.25, 0.3) is 0 Å². The number of halogens is 1. The van der Waals surface area contributed by atoms with Crippen LogP contribution in [0.3, 0.4) is 0 Å². The van der Waals surface area contributed by atoms with E-state index >= 15 is 0 Å². The fraction of sp³-hybridized carbons (Fsp3) is 0.480. The minimum atomic E-state index is -0.382. The summed E-state index contributed by atoms with van der Waals surface area (Å²) in [6.45, 7) is 3.13. The third kappa shape index (κ3) is 5.61. The van der Waals surface area contributed by atoms with Crippen molar-refractivity contribution in [3.05, 3.63) is 71.8 Å². The Hall–Kier alpha value is -1.84. The molecule has 0 spiro atoms. The van der Waals surface area contributed by atoms with Gasteiger partial charge in [0.15, 0.2) is 0 Å². The first-order chi connectivity index (χ1) is 13.6. The van der Waals surface area contributed by atoms with Crippen molar-refractivity contribution in [2.75, 3.05) is 20.6 Å². The molecule has 29 heavy (non-hydrogen) atoms. The Labute approximate surface area is 181 Å². The highest BCUT2D eigenvalue weighted by molar-refractivity contribution is 5.85. The van der Waals surface area contributed by atoms with Gasteiger partial charge in [0.1, 0.15) is 11.5 Å². The van der Waals surface area contributed by atoms with Crippen LogP contribution in [0.15, 0.2) is 60.7 Å². The van der Waals surface area contributed by atoms with E-state index in [-0.39, 0.29) is 29.9 Å². The SMILES string of the molecule is CCC1(OC(=O)C(c2ccccc2)c2ccccc2)CCCCC1CN(C)C.Cl. The molecule has 2 aromatic carbocycles. The maximum absolute atomic E-state index is 13.6. The summed E-state index contributed by atoms with van der Waals surface area (Å²) in [6, 6.07) is 20.0. The molecular weight excluding hydrogens is 382 g/mol. The minimum Gasteiger partial charge on any atom is -0.458 e. The predicted molar refractivity (Wildman–Crippen MR) is 122 cm³/mol. The Balaban J connectivity index is 0.00000300. The van der Waals surface area contributed by atoms with Gasteiger partial charge in [-0.1, -0.05) is 74.0 Å². The number of ether oxygens (including phenoxy) is 1. The van der Waals surface area contributed by atoms with Crippen molar-refractivity contribution in [2.24, 2.45) is 5.92 Å². The van der Waals surface area contributed by atoms with E-state index in [1.165, 1.54) is 6.42 Å². The first kappa shape index (κ1) is 23.4. The van der Waals surface area contributed by atoms with Crippen LogP contribution < -0.4 is 0 Å². The van der Waals surface area contributed by atoms with E-state index < -0.39 is 0 Å². The molecule has 0 aromatic heterocycles. The van der Waals surface area contributed by atoms with E-state index in [9.17, 15) is 4.79 Å². The van der Waals surface area contributed by atoms with Gasteiger partial charge in [0.25, 0.3) is 0 Å². The molecule has 1 aliphatic rings. The highest BCUT2D eigenvalue weighted by atomic mass is 35.5. The Morgan fingerprint density at radius 3 is 2.07 bits per heavy atom. The molecule has 0 N–H and O–H groups in total. The number of hydrogen-bond acceptors (Lipinski definition) is 3. The lowest BCUT2D eigenvalue weighted by Gasteiger charge is -2.44. The van der Waals surface area contributed by atoms with E-state index in [0.29, 0.717) is 5.92 Å². The van der Waals surface area contributed by atoms with Crippen molar-refractivity contribution in [3.63, 3.8) is 0 Å². The average Bonchev–Trinajstić information content (AvgIpc) is 2.71. The molecule has 2 atom stereocenters. The number of rotatable bonds is 7. The lowest BCUT2D eigenvalue weighted by Crippen LogP contribution is -2.49. The van der Waals surface area contributed by atoms with Crippen LogP contribution in [-0.2, 0) is 9.53 Å². The lowest BCUT2D eigenvalue weighted by molar-refractivity contribution is -0.173. The van der Waals surface area contributed by atoms with Crippen molar-refractivity contribution in [2.45, 2.75) is 50.5 Å². The second-order valence-electron chi connectivity index (χ2n) is 8.30. The normalized spacial score (nSPS) is 21.6. The van der Waals surface area contributed by atoms with Crippen molar-refractivity contribution >= 4 is 18.4 Å². The molecular formula is C25H34ClNO2. The average molecular weight is 416 g/mol. The van der Waals surface area contributed by atoms with Crippen molar-refractivity contribution in [1.82, 2.24) is 4.90 Å². The van der Waals surface area contributed by atoms with Gasteiger partial charge < -0.3 is 9.64 Å². The molecule has 1 aliphatic carbocycles. The monoisotopic (exact) mass is 415 g/mol. The summed E-state index contributed by atoms with van der Waals surface area (Å²) in [5.74, 6) is -0.116. The topological polar surface area (TPSA) is 29.5 Å². The Bertz CT molecular complexity index is 710. The maximum atomic E-state index is 13.6. The fourth-order valence-corrected chi connectivity index (χ4v) is 4.67. The second-order valence-corrected chi connectivity index (χ2v) is 8.30. The number of carbonyl (C=O) groups excluding carboxylic acids is 1. The summed E-state index contributed by atoms with van der Waals surface area (Å²) in [5, 5.41) is 0. The molecule has 1 saturated carbocycles. The Morgan fingerprint density at radius 1 is 1.03 bits per heavy atom. The third-order valence-electron chi connectivity index (χ3n) is 6.14. The van der Waals surface area contributed by atoms with Gasteiger partial charge in [-0.2, -0.15) is 0 Å². The van der Waals surface area contributed by atoms with Crippen LogP contribution in [-0.4, -0.2) is 37.1 Å². The third-order valence-corrected chi connectivity index (χ3v) is 6.14. The number of benzene rings is 2. The molecule has 2 aromatic rings. The molecule has 0 aliphatic heterocycles. The molecule has 0 bridgehead atoms. The van der Waals surface area contributed by atoms with Crippen LogP contribution in [0.1, 0.15) is 56.1 Å². The van der Waals surface area contributed by atoms with Gasteiger partial charge in [0.05, 0.1) is 0 Å². The number of esters is 1. The standard InChI is InChI=1S/C25H33NO2.ClH/c1-4-25(18-12-11-17-22(25)19-26(2)3)28-24(27)23(20-13-7-5-8-14-20)21-15-9-6-10-16-21;/h5-10,13-16,22-23H,4,11-12,17-19H2,1-3H3;1H. The molecule has 0 heterocycles. The van der Waals surface area contributed by atoms with Gasteiger partial charge >= 0.3 is 5.97 Å². The van der Waals surface area contributed by atoms with Gasteiger partial charge in [-0.3, -0.25) is 4.79 Å². The molecule has 1 fully saturated rings. The Kier molecular flexibility index (Phi) is 8.73. The molecule has 0 radical (unpaired) electrons. The van der Waals surface area contributed by atoms with E-state index in [1.807, 2.05) is 60.7 Å². The molecule has 3 nitrogen and oxygen atoms in total. The van der Waals surface area contributed by atoms with E-state index in [2.05, 4.69) is 25.9 Å². The van der Waals surface area contributed by atoms with E-state index in [1.54, 1.807) is 0 Å². The molecule has 3 rings (SSSR count). The van der Waals surface area contributed by atoms with Gasteiger partial charge in [0, 0.05) is 12.5 Å². The summed E-state index contributed by atoms with van der Waals surface area (Å²) in [7, 11) is 4.21. The maximum Gasteiger partial charge on any atom is 0.318 e. The summed E-state index contributed by atoms with van der Waals surface area (Å²) in [5.41, 5.74) is 1.62. The van der Waals surface area contributed by atoms with Crippen LogP contribution in [0, 0.1) is 5.92 Å². The zero-order chi connectivity index (χ0) is 20.0. The highest BCUT2D eigenvalue weighted by Gasteiger charge is 2.44. The summed E-state index contributed by atoms with van der Waals surface area (Å²) >= 11 is 0. The zero-order valence-electron chi connectivity index (χ0n) is 17.8. The number of nitrogens with zero attached hydrogens (tertiary/aromatic N) is 1. The first-order valence-electron chi connectivity index (χ1n) is 10.5. The largest absolute Gasteiger partial charge is 0.458 e. The summed E-state index contributed by atoms with van der Waals surface area (Å²) in [6.07, 6.45) is 5.31. The quantitative estimate of drug-likeness (QED) is 0.544. The van der Waals surface area contributed by atoms with Crippen LogP contribution >= 0.6 is 12.4 Å². The predicted octanol–water partition coefficient (Wildman–Crippen LogP) is 5.68. The van der Waals surface area contributed by atoms with Crippen LogP contribution in [0.5, 0.6) is 0 Å². The summed E-state index contributed by atoms with van der Waals surface area (Å²) < 4.78 is 6.45. The van der Waals surface area contributed by atoms with Crippen molar-refractivity contribution < 1.29 is 9.53 Å². The molecule has 2 unspecified atom stereocenters. The molecule has 0 saturated heterocycles. The smallest absolute Gasteiger partial charge is 0.318 e. The van der Waals surface area contributed by atoms with Crippen molar-refractivity contribution in [3.8, 4) is 0 Å². The van der Waals surface area contributed by atoms with Crippen molar-refractivity contribution in [1.29, 1.82) is 0 Å². The number of hydrogen-bond donors (Lipinski definition) is 0. The minimum absolute atomic E-state index is 0. The van der Waals surface area contributed by atoms with E-state index in [0.717, 1.165) is 43.4 Å². The van der Waals surface area contributed by atoms with Gasteiger partial charge in [-0.05, 0) is 50.9 Å². The van der Waals surface area contributed by atoms with Crippen LogP contribution in [0.2, 0.25) is 0 Å². The molecule has 4 heteroatoms. The second kappa shape index (κ2) is 10.8. The zero-order valence-corrected chi connectivity index (χ0v) is 18.7. The van der Waals surface area contributed by atoms with E-state index in [4.69, 9.17) is 4.74 Å². The van der Waals surface area contributed by atoms with Gasteiger partial charge in [-0.25, -0.2) is 0 Å². The van der Waals surface area contributed by atoms with Gasteiger partial charge in [0.2, 0.25) is 0 Å². The molecule has 0 amide bonds. The molecule has 158 valence electrons. The number of carbonyl (C=O) groups is 1. The lowest BCUT2D eigenvalue weighted by atomic mass is 9.73. The Morgan fingerprint density at radius 2 is 1.59 bits per heavy atom. The summed E-state index contributed by atoms with van der Waals surface area (Å²) in [4.78, 5) is 15.8. The van der Waals surface area contributed by atoms with Gasteiger partial charge in [-0.15, -0.1) is 12.4 Å². The van der Waals surface area contributed by atoms with Crippen LogP contribution in [0.4, 0.5) is 0 Å². The first-order valence-corrected chi connectivity index (χ1v) is 10.5. The highest BCUT2D eigenvalue weighted by Crippen LogP contribution is 2.41. The fourth-order valence-electron chi connectivity index (χ4n) is 4.67.